The fourth-order valence-corrected chi connectivity index (χ4v) is 2.12. The number of ether oxygens (including phenoxy) is 1. The Bertz CT molecular complexity index is 626. The van der Waals surface area contributed by atoms with Gasteiger partial charge in [0.2, 0.25) is 0 Å². The number of carbonyl (C=O) groups is 1. The van der Waals surface area contributed by atoms with E-state index in [4.69, 9.17) is 9.84 Å². The van der Waals surface area contributed by atoms with Crippen LogP contribution < -0.4 is 15.4 Å². The maximum absolute atomic E-state index is 12.0. The van der Waals surface area contributed by atoms with Gasteiger partial charge in [0.15, 0.2) is 0 Å². The smallest absolute Gasteiger partial charge is 0.319 e. The van der Waals surface area contributed by atoms with E-state index in [2.05, 4.69) is 17.6 Å². The number of para-hydroxylation sites is 1. The highest BCUT2D eigenvalue weighted by molar-refractivity contribution is 5.89. The normalized spacial score (nSPS) is 10.2. The third-order valence-electron chi connectivity index (χ3n) is 3.38. The van der Waals surface area contributed by atoms with E-state index in [0.29, 0.717) is 12.3 Å². The fourth-order valence-electron chi connectivity index (χ4n) is 2.12. The van der Waals surface area contributed by atoms with Gasteiger partial charge in [-0.3, -0.25) is 0 Å². The molecule has 0 fully saturated rings. The Morgan fingerprint density at radius 1 is 1.13 bits per heavy atom. The maximum Gasteiger partial charge on any atom is 0.319 e. The molecule has 0 spiro atoms. The van der Waals surface area contributed by atoms with Crippen LogP contribution in [0.3, 0.4) is 0 Å². The van der Waals surface area contributed by atoms with E-state index in [-0.39, 0.29) is 19.2 Å². The summed E-state index contributed by atoms with van der Waals surface area (Å²) in [7, 11) is 0. The molecule has 0 radical (unpaired) electrons. The van der Waals surface area contributed by atoms with Gasteiger partial charge in [0.1, 0.15) is 12.4 Å². The Labute approximate surface area is 136 Å². The van der Waals surface area contributed by atoms with Crippen LogP contribution in [0.2, 0.25) is 0 Å². The number of amides is 2. The van der Waals surface area contributed by atoms with E-state index in [9.17, 15) is 4.79 Å². The van der Waals surface area contributed by atoms with Gasteiger partial charge in [-0.05, 0) is 30.2 Å². The third-order valence-corrected chi connectivity index (χ3v) is 3.38. The number of carbonyl (C=O) groups excluding carboxylic acids is 1. The molecular weight excluding hydrogens is 292 g/mol. The van der Waals surface area contributed by atoms with Crippen molar-refractivity contribution in [1.82, 2.24) is 5.32 Å². The number of rotatable bonds is 7. The molecule has 0 aliphatic rings. The molecule has 2 rings (SSSR count). The van der Waals surface area contributed by atoms with E-state index in [1.165, 1.54) is 5.56 Å². The first kappa shape index (κ1) is 16.8. The molecule has 3 N–H and O–H groups in total. The van der Waals surface area contributed by atoms with Gasteiger partial charge in [0.25, 0.3) is 0 Å². The van der Waals surface area contributed by atoms with Gasteiger partial charge < -0.3 is 20.5 Å². The summed E-state index contributed by atoms with van der Waals surface area (Å²) in [6.45, 7) is 2.62. The molecule has 0 aliphatic carbocycles. The molecule has 5 nitrogen and oxygen atoms in total. The van der Waals surface area contributed by atoms with Gasteiger partial charge in [-0.25, -0.2) is 4.79 Å². The van der Waals surface area contributed by atoms with Crippen molar-refractivity contribution in [2.45, 2.75) is 19.9 Å². The zero-order valence-corrected chi connectivity index (χ0v) is 13.2. The van der Waals surface area contributed by atoms with Crippen molar-refractivity contribution in [3.63, 3.8) is 0 Å². The molecule has 0 bridgehead atoms. The topological polar surface area (TPSA) is 70.6 Å². The lowest BCUT2D eigenvalue weighted by Gasteiger charge is -2.12. The zero-order chi connectivity index (χ0) is 16.5. The number of aryl methyl sites for hydroxylation is 1. The lowest BCUT2D eigenvalue weighted by atomic mass is 10.1. The van der Waals surface area contributed by atoms with Gasteiger partial charge in [-0.15, -0.1) is 0 Å². The molecule has 0 saturated carbocycles. The summed E-state index contributed by atoms with van der Waals surface area (Å²) in [5.74, 6) is 0.661. The molecule has 0 saturated heterocycles. The quantitative estimate of drug-likeness (QED) is 0.736. The number of urea groups is 1. The highest BCUT2D eigenvalue weighted by Gasteiger charge is 2.06. The molecule has 0 heterocycles. The van der Waals surface area contributed by atoms with Crippen LogP contribution in [0.25, 0.3) is 0 Å². The van der Waals surface area contributed by atoms with Crippen molar-refractivity contribution in [2.75, 3.05) is 18.5 Å². The van der Waals surface area contributed by atoms with Crippen LogP contribution in [0.15, 0.2) is 48.5 Å². The van der Waals surface area contributed by atoms with Gasteiger partial charge in [0.05, 0.1) is 6.61 Å². The number of aliphatic hydroxyl groups excluding tert-OH is 1. The second-order valence-electron chi connectivity index (χ2n) is 5.04. The standard InChI is InChI=1S/C18H22N2O3/c1-2-14-7-9-16(10-8-14)20-18(22)19-13-15-5-3-4-6-17(15)23-12-11-21/h3-10,21H,2,11-13H2,1H3,(H2,19,20,22). The predicted octanol–water partition coefficient (Wildman–Crippen LogP) is 2.94. The molecule has 0 atom stereocenters. The Hall–Kier alpha value is -2.53. The number of hydrogen-bond acceptors (Lipinski definition) is 3. The van der Waals surface area contributed by atoms with E-state index in [1.54, 1.807) is 0 Å². The highest BCUT2D eigenvalue weighted by Crippen LogP contribution is 2.17. The Balaban J connectivity index is 1.88. The average Bonchev–Trinajstić information content (AvgIpc) is 2.59. The van der Waals surface area contributed by atoms with Crippen LogP contribution in [-0.4, -0.2) is 24.4 Å². The van der Waals surface area contributed by atoms with Gasteiger partial charge in [-0.2, -0.15) is 0 Å². The SMILES string of the molecule is CCc1ccc(NC(=O)NCc2ccccc2OCCO)cc1. The van der Waals surface area contributed by atoms with Crippen LogP contribution in [0.4, 0.5) is 10.5 Å². The summed E-state index contributed by atoms with van der Waals surface area (Å²) in [5, 5.41) is 14.4. The molecule has 2 amide bonds. The van der Waals surface area contributed by atoms with Crippen molar-refractivity contribution in [3.8, 4) is 5.75 Å². The summed E-state index contributed by atoms with van der Waals surface area (Å²) in [6, 6.07) is 14.9. The van der Waals surface area contributed by atoms with Crippen LogP contribution >= 0.6 is 0 Å². The van der Waals surface area contributed by atoms with Crippen molar-refractivity contribution < 1.29 is 14.6 Å². The second kappa shape index (κ2) is 8.80. The predicted molar refractivity (Wildman–Crippen MR) is 90.7 cm³/mol. The Kier molecular flexibility index (Phi) is 6.44. The first-order chi connectivity index (χ1) is 11.2. The molecule has 0 unspecified atom stereocenters. The summed E-state index contributed by atoms with van der Waals surface area (Å²) in [6.07, 6.45) is 0.969. The summed E-state index contributed by atoms with van der Waals surface area (Å²) < 4.78 is 5.44. The lowest BCUT2D eigenvalue weighted by Crippen LogP contribution is -2.28. The maximum atomic E-state index is 12.0. The van der Waals surface area contributed by atoms with Gasteiger partial charge in [0, 0.05) is 17.8 Å². The van der Waals surface area contributed by atoms with Crippen LogP contribution in [0, 0.1) is 0 Å². The zero-order valence-electron chi connectivity index (χ0n) is 13.2. The third kappa shape index (κ3) is 5.30. The van der Waals surface area contributed by atoms with Crippen LogP contribution in [0.1, 0.15) is 18.1 Å². The fraction of sp³-hybridized carbons (Fsp3) is 0.278. The second-order valence-corrected chi connectivity index (χ2v) is 5.04. The molecule has 2 aromatic rings. The first-order valence-corrected chi connectivity index (χ1v) is 7.68. The number of nitrogens with one attached hydrogen (secondary N) is 2. The minimum atomic E-state index is -0.272. The Morgan fingerprint density at radius 2 is 1.87 bits per heavy atom. The molecule has 0 aliphatic heterocycles. The largest absolute Gasteiger partial charge is 0.491 e. The minimum Gasteiger partial charge on any atom is -0.491 e. The van der Waals surface area contributed by atoms with E-state index in [0.717, 1.165) is 17.7 Å². The van der Waals surface area contributed by atoms with E-state index < -0.39 is 0 Å². The molecule has 5 heteroatoms. The van der Waals surface area contributed by atoms with Crippen molar-refractivity contribution in [3.05, 3.63) is 59.7 Å². The lowest BCUT2D eigenvalue weighted by molar-refractivity contribution is 0.200. The van der Waals surface area contributed by atoms with Gasteiger partial charge >= 0.3 is 6.03 Å². The van der Waals surface area contributed by atoms with Crippen molar-refractivity contribution >= 4 is 11.7 Å². The molecule has 23 heavy (non-hydrogen) atoms. The summed E-state index contributed by atoms with van der Waals surface area (Å²) >= 11 is 0. The Morgan fingerprint density at radius 3 is 2.57 bits per heavy atom. The summed E-state index contributed by atoms with van der Waals surface area (Å²) in [5.41, 5.74) is 2.84. The van der Waals surface area contributed by atoms with Crippen LogP contribution in [-0.2, 0) is 13.0 Å². The molecule has 0 aromatic heterocycles. The average molecular weight is 314 g/mol. The highest BCUT2D eigenvalue weighted by atomic mass is 16.5. The number of benzene rings is 2. The van der Waals surface area contributed by atoms with E-state index in [1.807, 2.05) is 48.5 Å². The van der Waals surface area contributed by atoms with Crippen molar-refractivity contribution in [1.29, 1.82) is 0 Å². The molecule has 2 aromatic carbocycles. The number of aliphatic hydroxyl groups is 1. The number of hydrogen-bond donors (Lipinski definition) is 3. The van der Waals surface area contributed by atoms with Crippen molar-refractivity contribution in [2.24, 2.45) is 0 Å². The van der Waals surface area contributed by atoms with Gasteiger partial charge in [-0.1, -0.05) is 37.3 Å². The van der Waals surface area contributed by atoms with E-state index >= 15 is 0 Å². The molecular formula is C18H22N2O3. The molecule has 122 valence electrons. The summed E-state index contributed by atoms with van der Waals surface area (Å²) in [4.78, 5) is 12.0. The van der Waals surface area contributed by atoms with Crippen LogP contribution in [0.5, 0.6) is 5.75 Å². The number of anilines is 1. The monoisotopic (exact) mass is 314 g/mol. The minimum absolute atomic E-state index is 0.0456. The first-order valence-electron chi connectivity index (χ1n) is 7.68.